The molecule has 1 aromatic carbocycles. The standard InChI is InChI=1S/C29H31ClN6O3/c1-17-4-11-25-26(12-17)35(29(39)36(25)22-9-10-24(33-15-22)28(38)31-3)16-19-5-7-21(8-6-19)34-27(37)23-13-20(30)14-32-18(23)2/h4,9-15,19,21H,5-8,16H2,1-3H3,(H,31,38)(H,34,37)/t19-,21-. The van der Waals surface area contributed by atoms with Crippen molar-refractivity contribution < 1.29 is 9.59 Å². The minimum Gasteiger partial charge on any atom is -0.354 e. The molecule has 1 aliphatic carbocycles. The van der Waals surface area contributed by atoms with Crippen LogP contribution in [0.4, 0.5) is 0 Å². The molecule has 1 saturated carbocycles. The number of hydrogen-bond donors (Lipinski definition) is 2. The van der Waals surface area contributed by atoms with Gasteiger partial charge in [-0.15, -0.1) is 0 Å². The van der Waals surface area contributed by atoms with Gasteiger partial charge in [0.2, 0.25) is 0 Å². The van der Waals surface area contributed by atoms with Crippen molar-refractivity contribution in [2.75, 3.05) is 7.05 Å². The molecule has 3 heterocycles. The lowest BCUT2D eigenvalue weighted by Gasteiger charge is -2.29. The SMILES string of the molecule is CNC(=O)c1ccc(-n2c(=O)n(C[C@H]3CC[C@H](NC(=O)c4cc(Cl)cnc4C)CC3)c3cc(C)ccc32)cn1. The molecule has 2 amide bonds. The Morgan fingerprint density at radius 1 is 0.974 bits per heavy atom. The van der Waals surface area contributed by atoms with E-state index in [2.05, 4.69) is 20.6 Å². The number of halogens is 1. The number of hydrogen-bond acceptors (Lipinski definition) is 5. The van der Waals surface area contributed by atoms with Gasteiger partial charge in [-0.2, -0.15) is 0 Å². The molecular formula is C29H31ClN6O3. The fourth-order valence-corrected chi connectivity index (χ4v) is 5.48. The van der Waals surface area contributed by atoms with Crippen molar-refractivity contribution in [3.05, 3.63) is 86.8 Å². The Balaban J connectivity index is 1.33. The Labute approximate surface area is 231 Å². The first-order valence-electron chi connectivity index (χ1n) is 13.1. The Bertz CT molecular complexity index is 1600. The second kappa shape index (κ2) is 11.0. The minimum absolute atomic E-state index is 0.0670. The second-order valence-corrected chi connectivity index (χ2v) is 10.6. The molecule has 10 heteroatoms. The maximum atomic E-state index is 13.7. The molecule has 2 N–H and O–H groups in total. The first kappa shape index (κ1) is 26.6. The Kier molecular flexibility index (Phi) is 7.52. The number of benzene rings is 1. The van der Waals surface area contributed by atoms with Crippen molar-refractivity contribution in [3.63, 3.8) is 0 Å². The maximum absolute atomic E-state index is 13.7. The number of pyridine rings is 2. The predicted molar refractivity (Wildman–Crippen MR) is 151 cm³/mol. The summed E-state index contributed by atoms with van der Waals surface area (Å²) in [6.45, 7) is 4.40. The van der Waals surface area contributed by atoms with Gasteiger partial charge in [0.1, 0.15) is 5.69 Å². The highest BCUT2D eigenvalue weighted by molar-refractivity contribution is 6.30. The summed E-state index contributed by atoms with van der Waals surface area (Å²) in [5.74, 6) is -0.131. The number of rotatable bonds is 6. The molecule has 5 rings (SSSR count). The number of amides is 2. The topological polar surface area (TPSA) is 111 Å². The van der Waals surface area contributed by atoms with Crippen molar-refractivity contribution in [1.29, 1.82) is 0 Å². The number of nitrogens with one attached hydrogen (secondary N) is 2. The molecule has 0 unspecified atom stereocenters. The Hall–Kier alpha value is -3.98. The molecule has 9 nitrogen and oxygen atoms in total. The fourth-order valence-electron chi connectivity index (χ4n) is 5.32. The van der Waals surface area contributed by atoms with Crippen LogP contribution in [-0.2, 0) is 6.54 Å². The monoisotopic (exact) mass is 546 g/mol. The van der Waals surface area contributed by atoms with E-state index in [0.29, 0.717) is 40.1 Å². The molecular weight excluding hydrogens is 516 g/mol. The van der Waals surface area contributed by atoms with Crippen LogP contribution in [-0.4, -0.2) is 44.0 Å². The third-order valence-electron chi connectivity index (χ3n) is 7.47. The van der Waals surface area contributed by atoms with Crippen LogP contribution < -0.4 is 16.3 Å². The highest BCUT2D eigenvalue weighted by Gasteiger charge is 2.26. The number of aromatic nitrogens is 4. The molecule has 202 valence electrons. The van der Waals surface area contributed by atoms with Gasteiger partial charge in [0.25, 0.3) is 11.8 Å². The molecule has 0 saturated heterocycles. The van der Waals surface area contributed by atoms with Gasteiger partial charge in [-0.25, -0.2) is 9.78 Å². The van der Waals surface area contributed by atoms with Gasteiger partial charge in [0.15, 0.2) is 0 Å². The summed E-state index contributed by atoms with van der Waals surface area (Å²) in [7, 11) is 1.55. The van der Waals surface area contributed by atoms with Crippen LogP contribution in [0.15, 0.2) is 53.6 Å². The van der Waals surface area contributed by atoms with E-state index in [-0.39, 0.29) is 23.5 Å². The number of aryl methyl sites for hydroxylation is 2. The molecule has 0 atom stereocenters. The van der Waals surface area contributed by atoms with Crippen LogP contribution in [0.5, 0.6) is 0 Å². The predicted octanol–water partition coefficient (Wildman–Crippen LogP) is 4.20. The first-order valence-corrected chi connectivity index (χ1v) is 13.5. The van der Waals surface area contributed by atoms with Gasteiger partial charge in [-0.05, 0) is 81.3 Å². The van der Waals surface area contributed by atoms with E-state index < -0.39 is 0 Å². The zero-order valence-corrected chi connectivity index (χ0v) is 23.0. The van der Waals surface area contributed by atoms with E-state index in [1.807, 2.05) is 29.7 Å². The van der Waals surface area contributed by atoms with Crippen molar-refractivity contribution in [1.82, 2.24) is 29.7 Å². The molecule has 0 aliphatic heterocycles. The first-order chi connectivity index (χ1) is 18.7. The van der Waals surface area contributed by atoms with Crippen LogP contribution in [0.25, 0.3) is 16.7 Å². The van der Waals surface area contributed by atoms with Gasteiger partial charge in [-0.3, -0.25) is 23.7 Å². The number of carbonyl (C=O) groups is 2. The van der Waals surface area contributed by atoms with E-state index in [1.54, 1.807) is 42.9 Å². The lowest BCUT2D eigenvalue weighted by Crippen LogP contribution is -2.39. The number of nitrogens with zero attached hydrogens (tertiary/aromatic N) is 4. The maximum Gasteiger partial charge on any atom is 0.333 e. The van der Waals surface area contributed by atoms with E-state index in [0.717, 1.165) is 42.3 Å². The zero-order chi connectivity index (χ0) is 27.7. The summed E-state index contributed by atoms with van der Waals surface area (Å²) in [6, 6.07) is 11.1. The molecule has 1 fully saturated rings. The van der Waals surface area contributed by atoms with Gasteiger partial charge in [0.05, 0.1) is 39.2 Å². The second-order valence-electron chi connectivity index (χ2n) is 10.2. The van der Waals surface area contributed by atoms with Crippen molar-refractivity contribution in [2.45, 2.75) is 52.1 Å². The number of fused-ring (bicyclic) bond motifs is 1. The van der Waals surface area contributed by atoms with Crippen LogP contribution in [0.3, 0.4) is 0 Å². The van der Waals surface area contributed by atoms with Gasteiger partial charge in [0, 0.05) is 25.8 Å². The average Bonchev–Trinajstić information content (AvgIpc) is 3.20. The molecule has 0 bridgehead atoms. The van der Waals surface area contributed by atoms with Gasteiger partial charge < -0.3 is 10.6 Å². The summed E-state index contributed by atoms with van der Waals surface area (Å²) >= 11 is 6.04. The summed E-state index contributed by atoms with van der Waals surface area (Å²) in [4.78, 5) is 46.9. The average molecular weight is 547 g/mol. The molecule has 0 spiro atoms. The fraction of sp³-hybridized carbons (Fsp3) is 0.345. The van der Waals surface area contributed by atoms with Crippen LogP contribution in [0, 0.1) is 19.8 Å². The third kappa shape index (κ3) is 5.45. The van der Waals surface area contributed by atoms with E-state index in [1.165, 1.54) is 6.20 Å². The summed E-state index contributed by atoms with van der Waals surface area (Å²) in [5, 5.41) is 6.13. The third-order valence-corrected chi connectivity index (χ3v) is 7.68. The Morgan fingerprint density at radius 2 is 1.74 bits per heavy atom. The summed E-state index contributed by atoms with van der Waals surface area (Å²) in [5.41, 5.74) is 4.65. The number of carbonyl (C=O) groups excluding carboxylic acids is 2. The molecule has 3 aromatic heterocycles. The van der Waals surface area contributed by atoms with Gasteiger partial charge >= 0.3 is 5.69 Å². The Morgan fingerprint density at radius 3 is 2.44 bits per heavy atom. The molecule has 4 aromatic rings. The normalized spacial score (nSPS) is 17.2. The molecule has 39 heavy (non-hydrogen) atoms. The number of imidazole rings is 1. The lowest BCUT2D eigenvalue weighted by atomic mass is 9.85. The minimum atomic E-state index is -0.280. The largest absolute Gasteiger partial charge is 0.354 e. The highest BCUT2D eigenvalue weighted by atomic mass is 35.5. The van der Waals surface area contributed by atoms with E-state index in [9.17, 15) is 14.4 Å². The summed E-state index contributed by atoms with van der Waals surface area (Å²) in [6.07, 6.45) is 6.55. The molecule has 1 aliphatic rings. The summed E-state index contributed by atoms with van der Waals surface area (Å²) < 4.78 is 3.50. The van der Waals surface area contributed by atoms with Crippen molar-refractivity contribution in [2.24, 2.45) is 5.92 Å². The van der Waals surface area contributed by atoms with Crippen molar-refractivity contribution in [3.8, 4) is 5.69 Å². The molecule has 0 radical (unpaired) electrons. The quantitative estimate of drug-likeness (QED) is 0.376. The van der Waals surface area contributed by atoms with Crippen LogP contribution in [0.1, 0.15) is 57.8 Å². The smallest absolute Gasteiger partial charge is 0.333 e. The zero-order valence-electron chi connectivity index (χ0n) is 22.2. The lowest BCUT2D eigenvalue weighted by molar-refractivity contribution is 0.0917. The van der Waals surface area contributed by atoms with Gasteiger partial charge in [-0.1, -0.05) is 17.7 Å². The van der Waals surface area contributed by atoms with Crippen molar-refractivity contribution >= 4 is 34.4 Å². The van der Waals surface area contributed by atoms with Crippen LogP contribution in [0.2, 0.25) is 5.02 Å². The highest BCUT2D eigenvalue weighted by Crippen LogP contribution is 2.28. The van der Waals surface area contributed by atoms with Crippen LogP contribution >= 0.6 is 11.6 Å². The van der Waals surface area contributed by atoms with E-state index in [4.69, 9.17) is 11.6 Å². The van der Waals surface area contributed by atoms with E-state index >= 15 is 0 Å².